The van der Waals surface area contributed by atoms with E-state index in [1.807, 2.05) is 24.3 Å². The molecule has 0 aliphatic rings. The number of hydrogen-bond acceptors (Lipinski definition) is 2. The predicted octanol–water partition coefficient (Wildman–Crippen LogP) is 3.45. The number of pyridine rings is 1. The van der Waals surface area contributed by atoms with Crippen molar-refractivity contribution in [2.24, 2.45) is 4.99 Å². The number of rotatable bonds is 2. The fourth-order valence-corrected chi connectivity index (χ4v) is 1.59. The molecule has 1 aromatic carbocycles. The van der Waals surface area contributed by atoms with Gasteiger partial charge in [0.2, 0.25) is 0 Å². The summed E-state index contributed by atoms with van der Waals surface area (Å²) in [5.41, 5.74) is 4.29. The average Bonchev–Trinajstić information content (AvgIpc) is 2.30. The van der Waals surface area contributed by atoms with E-state index in [1.54, 1.807) is 12.4 Å². The number of aromatic nitrogens is 1. The molecular formula is C14H14FeN2. The van der Waals surface area contributed by atoms with Crippen molar-refractivity contribution in [3.8, 4) is 0 Å². The summed E-state index contributed by atoms with van der Waals surface area (Å²) in [6, 6.07) is 12.0. The molecule has 0 saturated carbocycles. The van der Waals surface area contributed by atoms with Crippen molar-refractivity contribution in [1.29, 1.82) is 0 Å². The molecular weight excluding hydrogens is 252 g/mol. The van der Waals surface area contributed by atoms with Crippen LogP contribution in [-0.4, -0.2) is 11.2 Å². The summed E-state index contributed by atoms with van der Waals surface area (Å²) in [7, 11) is 0. The van der Waals surface area contributed by atoms with E-state index in [4.69, 9.17) is 0 Å². The Bertz CT molecular complexity index is 487. The third kappa shape index (κ3) is 3.52. The first kappa shape index (κ1) is 13.6. The molecule has 2 aromatic rings. The van der Waals surface area contributed by atoms with Crippen LogP contribution in [0.25, 0.3) is 0 Å². The summed E-state index contributed by atoms with van der Waals surface area (Å²) in [5.74, 6) is 0. The minimum atomic E-state index is 0. The Kier molecular flexibility index (Phi) is 5.08. The van der Waals surface area contributed by atoms with Crippen molar-refractivity contribution in [3.05, 3.63) is 59.4 Å². The van der Waals surface area contributed by atoms with Crippen LogP contribution in [0.1, 0.15) is 16.8 Å². The van der Waals surface area contributed by atoms with Crippen LogP contribution in [0.5, 0.6) is 0 Å². The fraction of sp³-hybridized carbons (Fsp3) is 0.143. The van der Waals surface area contributed by atoms with Crippen molar-refractivity contribution < 1.29 is 17.1 Å². The standard InChI is InChI=1S/C14H14N2.Fe/c1-11-6-5-7-12(2)14(11)16-10-13-8-3-4-9-15-13;/h3-10H,1-2H3;. The van der Waals surface area contributed by atoms with Crippen molar-refractivity contribution in [1.82, 2.24) is 4.98 Å². The van der Waals surface area contributed by atoms with E-state index in [0.29, 0.717) is 0 Å². The molecule has 17 heavy (non-hydrogen) atoms. The maximum absolute atomic E-state index is 4.49. The summed E-state index contributed by atoms with van der Waals surface area (Å²) in [6.45, 7) is 4.14. The van der Waals surface area contributed by atoms with Gasteiger partial charge in [-0.15, -0.1) is 0 Å². The first-order valence-corrected chi connectivity index (χ1v) is 5.28. The Morgan fingerprint density at radius 1 is 1.00 bits per heavy atom. The van der Waals surface area contributed by atoms with Crippen LogP contribution in [-0.2, 0) is 17.1 Å². The van der Waals surface area contributed by atoms with Crippen molar-refractivity contribution in [2.75, 3.05) is 0 Å². The predicted molar refractivity (Wildman–Crippen MR) is 67.4 cm³/mol. The molecule has 1 aromatic heterocycles. The number of aryl methyl sites for hydroxylation is 2. The van der Waals surface area contributed by atoms with Gasteiger partial charge in [0, 0.05) is 23.3 Å². The van der Waals surface area contributed by atoms with E-state index in [-0.39, 0.29) is 17.1 Å². The molecule has 0 saturated heterocycles. The van der Waals surface area contributed by atoms with Crippen LogP contribution in [0.15, 0.2) is 47.6 Å². The van der Waals surface area contributed by atoms with Crippen LogP contribution < -0.4 is 0 Å². The van der Waals surface area contributed by atoms with Gasteiger partial charge in [-0.2, -0.15) is 0 Å². The number of aliphatic imine (C=N–C) groups is 1. The van der Waals surface area contributed by atoms with Crippen LogP contribution >= 0.6 is 0 Å². The van der Waals surface area contributed by atoms with Crippen molar-refractivity contribution in [3.63, 3.8) is 0 Å². The molecule has 0 unspecified atom stereocenters. The summed E-state index contributed by atoms with van der Waals surface area (Å²) in [6.07, 6.45) is 3.57. The molecule has 0 amide bonds. The summed E-state index contributed by atoms with van der Waals surface area (Å²) < 4.78 is 0. The zero-order chi connectivity index (χ0) is 11.4. The zero-order valence-electron chi connectivity index (χ0n) is 9.87. The van der Waals surface area contributed by atoms with E-state index in [0.717, 1.165) is 11.4 Å². The molecule has 0 aliphatic heterocycles. The topological polar surface area (TPSA) is 25.2 Å². The minimum Gasteiger partial charge on any atom is -0.255 e. The van der Waals surface area contributed by atoms with Crippen LogP contribution in [0.2, 0.25) is 0 Å². The fourth-order valence-electron chi connectivity index (χ4n) is 1.59. The smallest absolute Gasteiger partial charge is 0.0812 e. The van der Waals surface area contributed by atoms with Gasteiger partial charge in [0.1, 0.15) is 0 Å². The maximum atomic E-state index is 4.49. The van der Waals surface area contributed by atoms with E-state index in [1.165, 1.54) is 11.1 Å². The third-order valence-corrected chi connectivity index (χ3v) is 2.45. The zero-order valence-corrected chi connectivity index (χ0v) is 11.0. The van der Waals surface area contributed by atoms with Gasteiger partial charge in [0.25, 0.3) is 0 Å². The van der Waals surface area contributed by atoms with Gasteiger partial charge in [-0.1, -0.05) is 24.3 Å². The number of hydrogen-bond donors (Lipinski definition) is 0. The molecule has 0 spiro atoms. The largest absolute Gasteiger partial charge is 0.255 e. The third-order valence-electron chi connectivity index (χ3n) is 2.45. The summed E-state index contributed by atoms with van der Waals surface area (Å²) in [4.78, 5) is 8.69. The Labute approximate surface area is 112 Å². The Morgan fingerprint density at radius 2 is 1.71 bits per heavy atom. The van der Waals surface area contributed by atoms with Gasteiger partial charge in [0.05, 0.1) is 17.6 Å². The van der Waals surface area contributed by atoms with E-state index < -0.39 is 0 Å². The SMILES string of the molecule is Cc1cccc(C)c1N=Cc1ccccn1.[Fe]. The maximum Gasteiger partial charge on any atom is 0.0812 e. The molecule has 1 heterocycles. The van der Waals surface area contributed by atoms with Crippen molar-refractivity contribution >= 4 is 11.9 Å². The van der Waals surface area contributed by atoms with E-state index >= 15 is 0 Å². The number of para-hydroxylation sites is 1. The Balaban J connectivity index is 0.00000144. The second-order valence-corrected chi connectivity index (χ2v) is 3.75. The molecule has 3 heteroatoms. The van der Waals surface area contributed by atoms with E-state index in [9.17, 15) is 0 Å². The van der Waals surface area contributed by atoms with Gasteiger partial charge in [-0.3, -0.25) is 9.98 Å². The van der Waals surface area contributed by atoms with Gasteiger partial charge in [-0.05, 0) is 37.1 Å². The van der Waals surface area contributed by atoms with Gasteiger partial charge >= 0.3 is 0 Å². The summed E-state index contributed by atoms with van der Waals surface area (Å²) >= 11 is 0. The Morgan fingerprint density at radius 3 is 2.29 bits per heavy atom. The summed E-state index contributed by atoms with van der Waals surface area (Å²) in [5, 5.41) is 0. The van der Waals surface area contributed by atoms with Gasteiger partial charge < -0.3 is 0 Å². The normalized spacial score (nSPS) is 10.2. The first-order chi connectivity index (χ1) is 7.77. The van der Waals surface area contributed by atoms with Crippen LogP contribution in [0.4, 0.5) is 5.69 Å². The molecule has 0 fully saturated rings. The second-order valence-electron chi connectivity index (χ2n) is 3.75. The monoisotopic (exact) mass is 266 g/mol. The van der Waals surface area contributed by atoms with Crippen LogP contribution in [0, 0.1) is 13.8 Å². The van der Waals surface area contributed by atoms with E-state index in [2.05, 4.69) is 36.0 Å². The molecule has 0 radical (unpaired) electrons. The average molecular weight is 266 g/mol. The molecule has 0 aliphatic carbocycles. The molecule has 0 N–H and O–H groups in total. The minimum absolute atomic E-state index is 0. The molecule has 0 bridgehead atoms. The van der Waals surface area contributed by atoms with Gasteiger partial charge in [-0.25, -0.2) is 0 Å². The molecule has 2 nitrogen and oxygen atoms in total. The van der Waals surface area contributed by atoms with Gasteiger partial charge in [0.15, 0.2) is 0 Å². The quantitative estimate of drug-likeness (QED) is 0.603. The second kappa shape index (κ2) is 6.33. The molecule has 88 valence electrons. The Hall–Kier alpha value is -1.44. The van der Waals surface area contributed by atoms with Crippen LogP contribution in [0.3, 0.4) is 0 Å². The molecule has 0 atom stereocenters. The first-order valence-electron chi connectivity index (χ1n) is 5.28. The number of nitrogens with zero attached hydrogens (tertiary/aromatic N) is 2. The number of benzene rings is 1. The molecule has 2 rings (SSSR count). The van der Waals surface area contributed by atoms with Crippen molar-refractivity contribution in [2.45, 2.75) is 13.8 Å².